The van der Waals surface area contributed by atoms with Crippen LogP contribution in [-0.2, 0) is 0 Å². The molecule has 0 radical (unpaired) electrons. The molecule has 0 amide bonds. The maximum Gasteiger partial charge on any atom is 0.117 e. The van der Waals surface area contributed by atoms with Gasteiger partial charge in [0.05, 0.1) is 0 Å². The summed E-state index contributed by atoms with van der Waals surface area (Å²) in [5.74, 6) is 0. The summed E-state index contributed by atoms with van der Waals surface area (Å²) >= 11 is 0. The van der Waals surface area contributed by atoms with Gasteiger partial charge in [-0.05, 0) is 158 Å². The van der Waals surface area contributed by atoms with Gasteiger partial charge in [-0.15, -0.1) is 0 Å². The molecule has 14 rings (SSSR count). The van der Waals surface area contributed by atoms with E-state index in [1.807, 2.05) is 0 Å². The minimum absolute atomic E-state index is 1.16. The third-order valence-corrected chi connectivity index (χ3v) is 23.3. The van der Waals surface area contributed by atoms with Crippen molar-refractivity contribution in [2.24, 2.45) is 0 Å². The van der Waals surface area contributed by atoms with Crippen LogP contribution in [0.3, 0.4) is 0 Å². The van der Waals surface area contributed by atoms with Gasteiger partial charge >= 0.3 is 0 Å². The SMILES string of the molecule is C[Si]1(C)c2ccccc2N(c2ccc3c(-c4cccc5ccccc45)c4cc(N5c6ccccc6[Si](C)(C)c6ccccc65)ccc4c(-c4cc5ccccc5cc4-c4ccccc4)c3c2)c2ccccc21. The zero-order valence-electron chi connectivity index (χ0n) is 41.0. The van der Waals surface area contributed by atoms with Crippen LogP contribution in [0.1, 0.15) is 0 Å². The van der Waals surface area contributed by atoms with Crippen molar-refractivity contribution in [3.63, 3.8) is 0 Å². The lowest BCUT2D eigenvalue weighted by molar-refractivity contribution is 1.29. The largest absolute Gasteiger partial charge is 0.311 e. The average Bonchev–Trinajstić information content (AvgIpc) is 3.42. The smallest absolute Gasteiger partial charge is 0.117 e. The summed E-state index contributed by atoms with van der Waals surface area (Å²) in [6, 6.07) is 91.9. The summed E-state index contributed by atoms with van der Waals surface area (Å²) in [6.07, 6.45) is 0. The number of rotatable bonds is 5. The minimum atomic E-state index is -2.03. The van der Waals surface area contributed by atoms with E-state index in [1.165, 1.54) is 120 Å². The third-order valence-electron chi connectivity index (χ3n) is 16.2. The van der Waals surface area contributed by atoms with E-state index >= 15 is 0 Å². The van der Waals surface area contributed by atoms with Crippen molar-refractivity contribution in [2.75, 3.05) is 9.80 Å². The summed E-state index contributed by atoms with van der Waals surface area (Å²) in [7, 11) is -4.05. The van der Waals surface area contributed by atoms with Gasteiger partial charge in [0.15, 0.2) is 0 Å². The molecule has 12 aromatic rings. The van der Waals surface area contributed by atoms with Gasteiger partial charge in [-0.1, -0.05) is 208 Å². The van der Waals surface area contributed by atoms with Gasteiger partial charge in [-0.25, -0.2) is 0 Å². The van der Waals surface area contributed by atoms with Gasteiger partial charge in [0.25, 0.3) is 0 Å². The number of para-hydroxylation sites is 4. The molecule has 0 atom stereocenters. The highest BCUT2D eigenvalue weighted by Crippen LogP contribution is 2.52. The van der Waals surface area contributed by atoms with Crippen LogP contribution >= 0.6 is 0 Å². The normalized spacial score (nSPS) is 14.3. The average molecular weight is 953 g/mol. The second kappa shape index (κ2) is 16.1. The molecular formula is C68H52N2Si2. The highest BCUT2D eigenvalue weighted by molar-refractivity contribution is 7.03. The van der Waals surface area contributed by atoms with E-state index in [0.717, 1.165) is 11.4 Å². The van der Waals surface area contributed by atoms with Crippen LogP contribution in [0.5, 0.6) is 0 Å². The topological polar surface area (TPSA) is 6.48 Å². The molecular weight excluding hydrogens is 901 g/mol. The monoisotopic (exact) mass is 952 g/mol. The number of fused-ring (bicyclic) bond motifs is 8. The van der Waals surface area contributed by atoms with E-state index in [9.17, 15) is 0 Å². The van der Waals surface area contributed by atoms with Crippen LogP contribution in [0.4, 0.5) is 34.1 Å². The zero-order chi connectivity index (χ0) is 48.3. The zero-order valence-corrected chi connectivity index (χ0v) is 43.0. The van der Waals surface area contributed by atoms with Crippen LogP contribution < -0.4 is 30.5 Å². The minimum Gasteiger partial charge on any atom is -0.311 e. The maximum atomic E-state index is 2.55. The Bertz CT molecular complexity index is 4090. The van der Waals surface area contributed by atoms with Crippen molar-refractivity contribution >= 4 is 114 Å². The molecule has 0 saturated carbocycles. The van der Waals surface area contributed by atoms with Crippen LogP contribution in [-0.4, -0.2) is 16.1 Å². The number of anilines is 6. The lowest BCUT2D eigenvalue weighted by atomic mass is 9.82. The number of benzene rings is 12. The quantitative estimate of drug-likeness (QED) is 0.125. The predicted octanol–water partition coefficient (Wildman–Crippen LogP) is 16.5. The van der Waals surface area contributed by atoms with Crippen molar-refractivity contribution in [3.8, 4) is 33.4 Å². The van der Waals surface area contributed by atoms with E-state index in [0.29, 0.717) is 0 Å². The molecule has 0 spiro atoms. The van der Waals surface area contributed by atoms with Crippen LogP contribution in [0.2, 0.25) is 26.2 Å². The second-order valence-electron chi connectivity index (χ2n) is 20.8. The number of nitrogens with zero attached hydrogens (tertiary/aromatic N) is 2. The van der Waals surface area contributed by atoms with Crippen LogP contribution in [0, 0.1) is 0 Å². The van der Waals surface area contributed by atoms with E-state index < -0.39 is 16.1 Å². The van der Waals surface area contributed by atoms with Crippen LogP contribution in [0.15, 0.2) is 243 Å². The fourth-order valence-corrected chi connectivity index (χ4v) is 18.7. The molecule has 72 heavy (non-hydrogen) atoms. The van der Waals surface area contributed by atoms with Gasteiger partial charge in [0, 0.05) is 34.1 Å². The molecule has 2 nitrogen and oxygen atoms in total. The summed E-state index contributed by atoms with van der Waals surface area (Å²) in [4.78, 5) is 5.09. The second-order valence-corrected chi connectivity index (χ2v) is 29.5. The number of hydrogen-bond donors (Lipinski definition) is 0. The molecule has 0 fully saturated rings. The first-order chi connectivity index (χ1) is 35.3. The summed E-state index contributed by atoms with van der Waals surface area (Å²) in [6.45, 7) is 10.0. The highest BCUT2D eigenvalue weighted by atomic mass is 28.3. The first-order valence-electron chi connectivity index (χ1n) is 25.3. The number of hydrogen-bond acceptors (Lipinski definition) is 2. The molecule has 0 bridgehead atoms. The van der Waals surface area contributed by atoms with E-state index in [4.69, 9.17) is 0 Å². The van der Waals surface area contributed by atoms with Crippen molar-refractivity contribution in [1.82, 2.24) is 0 Å². The molecule has 342 valence electrons. The Morgan fingerprint density at radius 2 is 0.653 bits per heavy atom. The van der Waals surface area contributed by atoms with E-state index in [-0.39, 0.29) is 0 Å². The Labute approximate surface area is 423 Å². The Morgan fingerprint density at radius 3 is 1.15 bits per heavy atom. The van der Waals surface area contributed by atoms with Gasteiger partial charge in [0.1, 0.15) is 16.1 Å². The summed E-state index contributed by atoms with van der Waals surface area (Å²) in [5, 5.41) is 15.7. The molecule has 2 aliphatic heterocycles. The van der Waals surface area contributed by atoms with Crippen LogP contribution in [0.25, 0.3) is 76.5 Å². The molecule has 2 aliphatic rings. The standard InChI is InChI=1S/C68H52N2Si2/c1-71(2)63-33-16-12-29-59(63)69(60-30-13-17-34-64(60)71)49-38-40-54-57(43-49)67(52-28-20-26-45-23-10-11-27-51(45)52)53-39-37-50(70-61-31-14-18-35-65(61)72(3,4)66-36-19-15-32-62(66)70)44-58(53)68(54)56-42-48-25-9-8-24-47(48)41-55(56)46-21-6-5-7-22-46/h5-44H,1-4H3. The van der Waals surface area contributed by atoms with Crippen molar-refractivity contribution in [1.29, 1.82) is 0 Å². The lowest BCUT2D eigenvalue weighted by Crippen LogP contribution is -2.58. The predicted molar refractivity (Wildman–Crippen MR) is 316 cm³/mol. The third kappa shape index (κ3) is 6.32. The van der Waals surface area contributed by atoms with Crippen molar-refractivity contribution in [3.05, 3.63) is 243 Å². The maximum absolute atomic E-state index is 2.55. The van der Waals surface area contributed by atoms with Gasteiger partial charge in [0.2, 0.25) is 0 Å². The molecule has 0 aliphatic carbocycles. The first-order valence-corrected chi connectivity index (χ1v) is 31.3. The molecule has 2 heterocycles. The molecule has 4 heteroatoms. The Balaban J connectivity index is 1.15. The van der Waals surface area contributed by atoms with Gasteiger partial charge in [-0.3, -0.25) is 0 Å². The molecule has 0 saturated heterocycles. The fraction of sp³-hybridized carbons (Fsp3) is 0.0588. The fourth-order valence-electron chi connectivity index (χ4n) is 12.7. The Morgan fingerprint density at radius 1 is 0.264 bits per heavy atom. The molecule has 0 aromatic heterocycles. The van der Waals surface area contributed by atoms with E-state index in [1.54, 1.807) is 0 Å². The summed E-state index contributed by atoms with van der Waals surface area (Å²) < 4.78 is 0. The Hall–Kier alpha value is -8.29. The van der Waals surface area contributed by atoms with Gasteiger partial charge in [-0.2, -0.15) is 0 Å². The molecule has 12 aromatic carbocycles. The molecule has 0 unspecified atom stereocenters. The summed E-state index contributed by atoms with van der Waals surface area (Å²) in [5.41, 5.74) is 14.8. The first kappa shape index (κ1) is 42.6. The molecule has 0 N–H and O–H groups in total. The van der Waals surface area contributed by atoms with Crippen molar-refractivity contribution < 1.29 is 0 Å². The Kier molecular flexibility index (Phi) is 9.54. The highest BCUT2D eigenvalue weighted by Gasteiger charge is 2.40. The lowest BCUT2D eigenvalue weighted by Gasteiger charge is -2.41. The van der Waals surface area contributed by atoms with E-state index in [2.05, 4.69) is 279 Å². The van der Waals surface area contributed by atoms with Crippen molar-refractivity contribution in [2.45, 2.75) is 26.2 Å². The van der Waals surface area contributed by atoms with Gasteiger partial charge < -0.3 is 9.80 Å².